The number of pyridine rings is 1. The second-order valence-electron chi connectivity index (χ2n) is 3.10. The van der Waals surface area contributed by atoms with E-state index in [2.05, 4.69) is 31.1 Å². The van der Waals surface area contributed by atoms with E-state index < -0.39 is 0 Å². The molecule has 0 spiro atoms. The summed E-state index contributed by atoms with van der Waals surface area (Å²) in [5.74, 6) is 0. The zero-order valence-electron chi connectivity index (χ0n) is 8.01. The topological polar surface area (TPSA) is 64.7 Å². The number of nitrogens with two attached hydrogens (primary N) is 1. The summed E-state index contributed by atoms with van der Waals surface area (Å²) < 4.78 is 0.947. The van der Waals surface area contributed by atoms with Crippen molar-refractivity contribution < 1.29 is 0 Å². The summed E-state index contributed by atoms with van der Waals surface area (Å²) in [4.78, 5) is 4.24. The van der Waals surface area contributed by atoms with Gasteiger partial charge in [-0.05, 0) is 35.0 Å². The fourth-order valence-electron chi connectivity index (χ4n) is 1.02. The van der Waals surface area contributed by atoms with Crippen molar-refractivity contribution in [2.45, 2.75) is 13.0 Å². The zero-order chi connectivity index (χ0) is 10.8. The first-order valence-corrected chi connectivity index (χ1v) is 5.98. The molecular formula is C9H9BrN4S. The number of hydrogen-bond acceptors (Lipinski definition) is 5. The molecule has 0 aliphatic rings. The van der Waals surface area contributed by atoms with Gasteiger partial charge >= 0.3 is 0 Å². The molecule has 0 aromatic carbocycles. The lowest BCUT2D eigenvalue weighted by Crippen LogP contribution is -2.03. The Labute approximate surface area is 99.7 Å². The van der Waals surface area contributed by atoms with Gasteiger partial charge in [-0.2, -0.15) is 0 Å². The highest BCUT2D eigenvalue weighted by atomic mass is 79.9. The molecule has 0 fully saturated rings. The standard InChI is InChI=1S/C9H9BrN4S/c1-5(11)8-13-14-9(15-8)7-3-2-6(10)4-12-7/h2-5H,11H2,1H3. The maximum atomic E-state index is 5.71. The first-order valence-electron chi connectivity index (χ1n) is 4.37. The summed E-state index contributed by atoms with van der Waals surface area (Å²) in [5, 5.41) is 9.68. The second-order valence-corrected chi connectivity index (χ2v) is 5.02. The SMILES string of the molecule is CC(N)c1nnc(-c2ccc(Br)cn2)s1. The van der Waals surface area contributed by atoms with E-state index in [1.54, 1.807) is 6.20 Å². The minimum atomic E-state index is -0.0771. The lowest BCUT2D eigenvalue weighted by atomic mass is 10.4. The molecule has 0 aliphatic carbocycles. The van der Waals surface area contributed by atoms with E-state index in [-0.39, 0.29) is 6.04 Å². The molecule has 2 aromatic heterocycles. The van der Waals surface area contributed by atoms with Crippen LogP contribution >= 0.6 is 27.3 Å². The number of hydrogen-bond donors (Lipinski definition) is 1. The molecule has 0 radical (unpaired) electrons. The Hall–Kier alpha value is -0.850. The normalized spacial score (nSPS) is 12.7. The molecule has 2 rings (SSSR count). The van der Waals surface area contributed by atoms with Gasteiger partial charge in [0.2, 0.25) is 0 Å². The molecule has 2 aromatic rings. The summed E-state index contributed by atoms with van der Waals surface area (Å²) in [6, 6.07) is 3.75. The highest BCUT2D eigenvalue weighted by Crippen LogP contribution is 2.24. The van der Waals surface area contributed by atoms with Crippen molar-refractivity contribution >= 4 is 27.3 Å². The molecule has 0 saturated carbocycles. The third-order valence-corrected chi connectivity index (χ3v) is 3.39. The summed E-state index contributed by atoms with van der Waals surface area (Å²) in [5.41, 5.74) is 6.53. The van der Waals surface area contributed by atoms with Crippen molar-refractivity contribution in [1.29, 1.82) is 0 Å². The second kappa shape index (κ2) is 4.34. The third-order valence-electron chi connectivity index (χ3n) is 1.78. The monoisotopic (exact) mass is 284 g/mol. The number of nitrogens with zero attached hydrogens (tertiary/aromatic N) is 3. The highest BCUT2D eigenvalue weighted by molar-refractivity contribution is 9.10. The van der Waals surface area contributed by atoms with E-state index in [0.717, 1.165) is 20.2 Å². The van der Waals surface area contributed by atoms with E-state index in [0.29, 0.717) is 0 Å². The van der Waals surface area contributed by atoms with Gasteiger partial charge in [0.25, 0.3) is 0 Å². The summed E-state index contributed by atoms with van der Waals surface area (Å²) in [7, 11) is 0. The van der Waals surface area contributed by atoms with Crippen LogP contribution in [0.25, 0.3) is 10.7 Å². The van der Waals surface area contributed by atoms with Gasteiger partial charge in [0.15, 0.2) is 5.01 Å². The molecule has 0 saturated heterocycles. The van der Waals surface area contributed by atoms with Crippen LogP contribution in [-0.4, -0.2) is 15.2 Å². The van der Waals surface area contributed by atoms with Crippen LogP contribution in [0, 0.1) is 0 Å². The van der Waals surface area contributed by atoms with Crippen LogP contribution in [0.15, 0.2) is 22.8 Å². The predicted molar refractivity (Wildman–Crippen MR) is 63.4 cm³/mol. The van der Waals surface area contributed by atoms with Crippen LogP contribution in [0.3, 0.4) is 0 Å². The molecule has 0 amide bonds. The number of rotatable bonds is 2. The summed E-state index contributed by atoms with van der Waals surface area (Å²) in [6.45, 7) is 1.89. The quantitative estimate of drug-likeness (QED) is 0.920. The molecular weight excluding hydrogens is 276 g/mol. The van der Waals surface area contributed by atoms with Crippen LogP contribution < -0.4 is 5.73 Å². The predicted octanol–water partition coefficient (Wildman–Crippen LogP) is 2.38. The molecule has 1 atom stereocenters. The summed E-state index contributed by atoms with van der Waals surface area (Å²) in [6.07, 6.45) is 1.74. The Kier molecular flexibility index (Phi) is 3.08. The first-order chi connectivity index (χ1) is 7.16. The maximum absolute atomic E-state index is 5.71. The van der Waals surface area contributed by atoms with Crippen LogP contribution in [0.5, 0.6) is 0 Å². The number of aromatic nitrogens is 3. The molecule has 4 nitrogen and oxygen atoms in total. The Morgan fingerprint density at radius 3 is 2.73 bits per heavy atom. The van der Waals surface area contributed by atoms with E-state index in [1.807, 2.05) is 19.1 Å². The Balaban J connectivity index is 2.33. The van der Waals surface area contributed by atoms with Crippen LogP contribution in [0.4, 0.5) is 0 Å². The molecule has 6 heteroatoms. The van der Waals surface area contributed by atoms with Crippen molar-refractivity contribution in [2.24, 2.45) is 5.73 Å². The van der Waals surface area contributed by atoms with Crippen LogP contribution in [0.1, 0.15) is 18.0 Å². The van der Waals surface area contributed by atoms with Gasteiger partial charge in [-0.1, -0.05) is 11.3 Å². The zero-order valence-corrected chi connectivity index (χ0v) is 10.4. The Morgan fingerprint density at radius 2 is 2.20 bits per heavy atom. The Morgan fingerprint density at radius 1 is 1.40 bits per heavy atom. The molecule has 78 valence electrons. The van der Waals surface area contributed by atoms with Gasteiger partial charge in [0.05, 0.1) is 6.04 Å². The van der Waals surface area contributed by atoms with E-state index >= 15 is 0 Å². The van der Waals surface area contributed by atoms with Crippen LogP contribution in [0.2, 0.25) is 0 Å². The maximum Gasteiger partial charge on any atom is 0.166 e. The smallest absolute Gasteiger partial charge is 0.166 e. The van der Waals surface area contributed by atoms with E-state index in [1.165, 1.54) is 11.3 Å². The van der Waals surface area contributed by atoms with E-state index in [4.69, 9.17) is 5.73 Å². The fraction of sp³-hybridized carbons (Fsp3) is 0.222. The fourth-order valence-corrected chi connectivity index (χ4v) is 2.03. The number of halogens is 1. The van der Waals surface area contributed by atoms with Crippen molar-refractivity contribution in [3.8, 4) is 10.7 Å². The minimum absolute atomic E-state index is 0.0771. The first kappa shape index (κ1) is 10.7. The van der Waals surface area contributed by atoms with Crippen molar-refractivity contribution in [3.63, 3.8) is 0 Å². The van der Waals surface area contributed by atoms with Gasteiger partial charge in [-0.3, -0.25) is 4.98 Å². The average molecular weight is 285 g/mol. The van der Waals surface area contributed by atoms with Crippen molar-refractivity contribution in [2.75, 3.05) is 0 Å². The largest absolute Gasteiger partial charge is 0.322 e. The van der Waals surface area contributed by atoms with Crippen molar-refractivity contribution in [3.05, 3.63) is 27.8 Å². The molecule has 1 unspecified atom stereocenters. The third kappa shape index (κ3) is 2.39. The molecule has 2 N–H and O–H groups in total. The lowest BCUT2D eigenvalue weighted by Gasteiger charge is -1.95. The lowest BCUT2D eigenvalue weighted by molar-refractivity contribution is 0.786. The molecule has 2 heterocycles. The van der Waals surface area contributed by atoms with Gasteiger partial charge in [-0.25, -0.2) is 0 Å². The highest BCUT2D eigenvalue weighted by Gasteiger charge is 2.10. The molecule has 0 bridgehead atoms. The van der Waals surface area contributed by atoms with E-state index in [9.17, 15) is 0 Å². The van der Waals surface area contributed by atoms with Gasteiger partial charge in [-0.15, -0.1) is 10.2 Å². The van der Waals surface area contributed by atoms with Crippen molar-refractivity contribution in [1.82, 2.24) is 15.2 Å². The van der Waals surface area contributed by atoms with Gasteiger partial charge < -0.3 is 5.73 Å². The van der Waals surface area contributed by atoms with Gasteiger partial charge in [0.1, 0.15) is 10.7 Å². The Bertz CT molecular complexity index is 451. The van der Waals surface area contributed by atoms with Crippen LogP contribution in [-0.2, 0) is 0 Å². The molecule has 15 heavy (non-hydrogen) atoms. The minimum Gasteiger partial charge on any atom is -0.322 e. The summed E-state index contributed by atoms with van der Waals surface area (Å²) >= 11 is 4.81. The average Bonchev–Trinajstić information content (AvgIpc) is 2.68. The molecule has 0 aliphatic heterocycles. The van der Waals surface area contributed by atoms with Gasteiger partial charge in [0, 0.05) is 10.7 Å².